The highest BCUT2D eigenvalue weighted by Gasteiger charge is 2.30. The molecule has 1 aliphatic rings. The number of sulfonamides is 1. The highest BCUT2D eigenvalue weighted by molar-refractivity contribution is 7.89. The minimum atomic E-state index is -3.97. The molecule has 3 rings (SSSR count). The van der Waals surface area contributed by atoms with Gasteiger partial charge in [0.1, 0.15) is 4.90 Å². The molecule has 2 aromatic carbocycles. The van der Waals surface area contributed by atoms with Gasteiger partial charge in [0.25, 0.3) is 5.69 Å². The third kappa shape index (κ3) is 6.96. The number of nitrogens with one attached hydrogen (secondary N) is 1. The summed E-state index contributed by atoms with van der Waals surface area (Å²) < 4.78 is 33.0. The third-order valence-corrected chi connectivity index (χ3v) is 7.34. The van der Waals surface area contributed by atoms with E-state index in [0.29, 0.717) is 0 Å². The second kappa shape index (κ2) is 12.4. The second-order valence-electron chi connectivity index (χ2n) is 7.91. The molecule has 1 aliphatic heterocycles. The average Bonchev–Trinajstić information content (AvgIpc) is 2.85. The molecule has 1 fully saturated rings. The Bertz CT molecular complexity index is 1130. The number of hydrogen-bond acceptors (Lipinski definition) is 7. The number of nitro benzene ring substituents is 1. The van der Waals surface area contributed by atoms with E-state index in [2.05, 4.69) is 17.5 Å². The summed E-state index contributed by atoms with van der Waals surface area (Å²) >= 11 is 0. The maximum absolute atomic E-state index is 13.2. The third-order valence-electron chi connectivity index (χ3n) is 5.40. The smallest absolute Gasteiger partial charge is 0.270 e. The van der Waals surface area contributed by atoms with Gasteiger partial charge in [-0.25, -0.2) is 8.42 Å². The number of nitrogens with zero attached hydrogens (tertiary/aromatic N) is 3. The summed E-state index contributed by atoms with van der Waals surface area (Å²) in [6.07, 6.45) is 7.75. The van der Waals surface area contributed by atoms with Crippen LogP contribution in [0.2, 0.25) is 0 Å². The molecule has 10 heteroatoms. The molecule has 2 aromatic rings. The van der Waals surface area contributed by atoms with Crippen molar-refractivity contribution < 1.29 is 18.1 Å². The molecule has 0 aliphatic carbocycles. The number of rotatable bonds is 11. The molecule has 0 spiro atoms. The van der Waals surface area contributed by atoms with Gasteiger partial charge in [0, 0.05) is 25.2 Å². The Morgan fingerprint density at radius 1 is 1.18 bits per heavy atom. The Labute approximate surface area is 200 Å². The van der Waals surface area contributed by atoms with Crippen LogP contribution < -0.4 is 5.43 Å². The molecule has 1 heterocycles. The van der Waals surface area contributed by atoms with Crippen molar-refractivity contribution in [2.75, 3.05) is 31.7 Å². The fourth-order valence-corrected chi connectivity index (χ4v) is 5.13. The predicted molar refractivity (Wildman–Crippen MR) is 133 cm³/mol. The van der Waals surface area contributed by atoms with Gasteiger partial charge in [0.05, 0.1) is 30.0 Å². The number of hydrogen-bond donors (Lipinski definition) is 1. The molecule has 0 saturated carbocycles. The fraction of sp³-hybridized carbons (Fsp3) is 0.375. The van der Waals surface area contributed by atoms with E-state index in [1.54, 1.807) is 6.21 Å². The summed E-state index contributed by atoms with van der Waals surface area (Å²) in [7, 11) is -3.97. The number of benzene rings is 2. The molecule has 0 radical (unpaired) electrons. The van der Waals surface area contributed by atoms with Crippen LogP contribution in [0.5, 0.6) is 0 Å². The molecular weight excluding hydrogens is 456 g/mol. The van der Waals surface area contributed by atoms with Crippen LogP contribution in [0.4, 0.5) is 11.4 Å². The van der Waals surface area contributed by atoms with Crippen molar-refractivity contribution in [3.8, 4) is 0 Å². The van der Waals surface area contributed by atoms with Crippen molar-refractivity contribution in [3.63, 3.8) is 0 Å². The zero-order chi connectivity index (χ0) is 24.4. The van der Waals surface area contributed by atoms with Crippen molar-refractivity contribution in [2.45, 2.75) is 37.5 Å². The number of ether oxygens (including phenoxy) is 1. The van der Waals surface area contributed by atoms with E-state index in [1.165, 1.54) is 16.4 Å². The van der Waals surface area contributed by atoms with Crippen molar-refractivity contribution in [1.29, 1.82) is 0 Å². The fourth-order valence-electron chi connectivity index (χ4n) is 3.56. The quantitative estimate of drug-likeness (QED) is 0.214. The maximum atomic E-state index is 13.2. The van der Waals surface area contributed by atoms with Crippen molar-refractivity contribution in [1.82, 2.24) is 4.31 Å². The highest BCUT2D eigenvalue weighted by atomic mass is 32.2. The van der Waals surface area contributed by atoms with Crippen LogP contribution in [-0.2, 0) is 14.8 Å². The molecule has 1 saturated heterocycles. The van der Waals surface area contributed by atoms with Gasteiger partial charge in [0.15, 0.2) is 0 Å². The summed E-state index contributed by atoms with van der Waals surface area (Å²) in [5.41, 5.74) is 4.72. The molecule has 0 amide bonds. The number of allylic oxidation sites excluding steroid dienone is 1. The van der Waals surface area contributed by atoms with E-state index in [-0.39, 0.29) is 42.6 Å². The first-order valence-corrected chi connectivity index (χ1v) is 12.8. The monoisotopic (exact) mass is 486 g/mol. The van der Waals surface area contributed by atoms with Crippen LogP contribution in [0, 0.1) is 10.1 Å². The summed E-state index contributed by atoms with van der Waals surface area (Å²) in [4.78, 5) is 10.5. The van der Waals surface area contributed by atoms with Crippen LogP contribution >= 0.6 is 0 Å². The lowest BCUT2D eigenvalue weighted by Gasteiger charge is -2.26. The predicted octanol–water partition coefficient (Wildman–Crippen LogP) is 4.68. The van der Waals surface area contributed by atoms with Gasteiger partial charge in [-0.1, -0.05) is 56.2 Å². The molecule has 0 atom stereocenters. The first-order chi connectivity index (χ1) is 16.4. The molecule has 1 N–H and O–H groups in total. The first kappa shape index (κ1) is 25.5. The Hall–Kier alpha value is -3.08. The molecule has 182 valence electrons. The van der Waals surface area contributed by atoms with Crippen molar-refractivity contribution in [3.05, 3.63) is 69.8 Å². The van der Waals surface area contributed by atoms with Crippen LogP contribution in [0.3, 0.4) is 0 Å². The molecule has 34 heavy (non-hydrogen) atoms. The summed E-state index contributed by atoms with van der Waals surface area (Å²) in [5.74, 6) is 0. The van der Waals surface area contributed by atoms with Gasteiger partial charge in [0.2, 0.25) is 10.0 Å². The molecule has 0 unspecified atom stereocenters. The Kier molecular flexibility index (Phi) is 9.32. The average molecular weight is 487 g/mol. The maximum Gasteiger partial charge on any atom is 0.270 e. The number of morpholine rings is 1. The van der Waals surface area contributed by atoms with E-state index < -0.39 is 14.9 Å². The summed E-state index contributed by atoms with van der Waals surface area (Å²) in [5, 5.41) is 15.6. The van der Waals surface area contributed by atoms with Crippen LogP contribution in [-0.4, -0.2) is 50.2 Å². The zero-order valence-corrected chi connectivity index (χ0v) is 20.0. The Morgan fingerprint density at radius 2 is 1.91 bits per heavy atom. The topological polar surface area (TPSA) is 114 Å². The normalized spacial score (nSPS) is 15.5. The number of non-ortho nitro benzene ring substituents is 1. The number of nitro groups is 1. The summed E-state index contributed by atoms with van der Waals surface area (Å²) in [6, 6.07) is 13.6. The first-order valence-electron chi connectivity index (χ1n) is 11.3. The minimum Gasteiger partial charge on any atom is -0.379 e. The lowest BCUT2D eigenvalue weighted by atomic mass is 10.1. The zero-order valence-electron chi connectivity index (χ0n) is 19.2. The van der Waals surface area contributed by atoms with E-state index in [1.807, 2.05) is 36.4 Å². The van der Waals surface area contributed by atoms with Gasteiger partial charge in [-0.3, -0.25) is 15.5 Å². The van der Waals surface area contributed by atoms with Gasteiger partial charge < -0.3 is 4.74 Å². The van der Waals surface area contributed by atoms with E-state index in [4.69, 9.17) is 4.74 Å². The largest absolute Gasteiger partial charge is 0.379 e. The highest BCUT2D eigenvalue weighted by Crippen LogP contribution is 2.29. The molecular formula is C24H30N4O5S. The lowest BCUT2D eigenvalue weighted by Crippen LogP contribution is -2.40. The Balaban J connectivity index is 1.88. The van der Waals surface area contributed by atoms with Gasteiger partial charge in [-0.15, -0.1) is 0 Å². The van der Waals surface area contributed by atoms with E-state index in [9.17, 15) is 18.5 Å². The molecule has 0 bridgehead atoms. The van der Waals surface area contributed by atoms with Gasteiger partial charge >= 0.3 is 0 Å². The summed E-state index contributed by atoms with van der Waals surface area (Å²) in [6.45, 7) is 3.08. The number of hydrazone groups is 1. The van der Waals surface area contributed by atoms with E-state index >= 15 is 0 Å². The van der Waals surface area contributed by atoms with Gasteiger partial charge in [-0.2, -0.15) is 9.41 Å². The second-order valence-corrected chi connectivity index (χ2v) is 9.82. The van der Waals surface area contributed by atoms with Crippen LogP contribution in [0.25, 0.3) is 6.08 Å². The lowest BCUT2D eigenvalue weighted by molar-refractivity contribution is -0.385. The molecule has 0 aromatic heterocycles. The number of anilines is 1. The standard InChI is InChI=1S/C24H30N4O5S/c1-2-3-5-10-21(17-20-8-6-4-7-9-20)19-25-26-23-12-11-22(28(29)30)18-24(23)34(31,32)27-13-15-33-16-14-27/h4,6-9,11-12,17-19,26H,2-3,5,10,13-16H2,1H3. The van der Waals surface area contributed by atoms with Crippen LogP contribution in [0.1, 0.15) is 38.2 Å². The Morgan fingerprint density at radius 3 is 2.59 bits per heavy atom. The minimum absolute atomic E-state index is 0.180. The van der Waals surface area contributed by atoms with E-state index in [0.717, 1.165) is 42.9 Å². The van der Waals surface area contributed by atoms with Crippen molar-refractivity contribution >= 4 is 33.7 Å². The molecule has 9 nitrogen and oxygen atoms in total. The van der Waals surface area contributed by atoms with Crippen LogP contribution in [0.15, 0.2) is 64.1 Å². The van der Waals surface area contributed by atoms with Gasteiger partial charge in [-0.05, 0) is 30.0 Å². The number of unbranched alkanes of at least 4 members (excludes halogenated alkanes) is 2. The SMILES string of the molecule is CCCCCC(C=NNc1ccc([N+](=O)[O-])cc1S(=O)(=O)N1CCOCC1)=Cc1ccccc1. The van der Waals surface area contributed by atoms with Crippen molar-refractivity contribution in [2.24, 2.45) is 5.10 Å².